The van der Waals surface area contributed by atoms with Crippen LogP contribution in [0, 0.1) is 27.2 Å². The fourth-order valence-electron chi connectivity index (χ4n) is 3.49. The number of aromatic nitrogens is 1. The molecule has 0 bridgehead atoms. The summed E-state index contributed by atoms with van der Waals surface area (Å²) >= 11 is 0.920. The van der Waals surface area contributed by atoms with E-state index in [0.717, 1.165) is 35.7 Å². The Bertz CT molecular complexity index is 1040. The Morgan fingerprint density at radius 1 is 1.12 bits per heavy atom. The Labute approximate surface area is 194 Å². The number of methoxy groups -OCH3 is 1. The normalized spacial score (nSPS) is 13.5. The number of carbonyl (C=O) groups is 1. The number of anilines is 2. The summed E-state index contributed by atoms with van der Waals surface area (Å²) in [6, 6.07) is 5.46. The van der Waals surface area contributed by atoms with Crippen molar-refractivity contribution in [3.8, 4) is 5.88 Å². The van der Waals surface area contributed by atoms with Gasteiger partial charge in [-0.1, -0.05) is 6.92 Å². The van der Waals surface area contributed by atoms with Gasteiger partial charge in [0, 0.05) is 56.0 Å². The molecule has 0 aliphatic carbocycles. The van der Waals surface area contributed by atoms with Crippen LogP contribution in [0.4, 0.5) is 27.5 Å². The number of nitro groups is 2. The van der Waals surface area contributed by atoms with Crippen molar-refractivity contribution in [2.45, 2.75) is 20.3 Å². The molecule has 1 N–H and O–H groups in total. The van der Waals surface area contributed by atoms with Crippen LogP contribution in [0.25, 0.3) is 0 Å². The monoisotopic (exact) mass is 476 g/mol. The van der Waals surface area contributed by atoms with E-state index in [1.54, 1.807) is 9.80 Å². The van der Waals surface area contributed by atoms with Crippen LogP contribution in [0.5, 0.6) is 5.88 Å². The topological polar surface area (TPSA) is 144 Å². The average molecular weight is 477 g/mol. The molecule has 13 heteroatoms. The van der Waals surface area contributed by atoms with Gasteiger partial charge in [0.05, 0.1) is 28.7 Å². The van der Waals surface area contributed by atoms with Crippen molar-refractivity contribution in [2.24, 2.45) is 0 Å². The van der Waals surface area contributed by atoms with Gasteiger partial charge in [-0.3, -0.25) is 25.0 Å². The van der Waals surface area contributed by atoms with E-state index in [1.807, 2.05) is 19.9 Å². The molecule has 33 heavy (non-hydrogen) atoms. The summed E-state index contributed by atoms with van der Waals surface area (Å²) in [5.74, 6) is 0.405. The molecular weight excluding hydrogens is 452 g/mol. The number of hydrogen-bond donors (Lipinski definition) is 1. The van der Waals surface area contributed by atoms with E-state index in [1.165, 1.54) is 19.2 Å². The van der Waals surface area contributed by atoms with Crippen LogP contribution in [0.1, 0.15) is 18.2 Å². The lowest BCUT2D eigenvalue weighted by molar-refractivity contribution is -0.394. The van der Waals surface area contributed by atoms with Crippen molar-refractivity contribution in [1.82, 2.24) is 9.88 Å². The van der Waals surface area contributed by atoms with Crippen molar-refractivity contribution >= 4 is 39.9 Å². The number of piperazine rings is 1. The summed E-state index contributed by atoms with van der Waals surface area (Å²) in [7, 11) is 1.52. The Morgan fingerprint density at radius 3 is 2.24 bits per heavy atom. The van der Waals surface area contributed by atoms with Crippen LogP contribution in [-0.4, -0.2) is 58.3 Å². The molecule has 1 amide bonds. The van der Waals surface area contributed by atoms with Crippen LogP contribution in [0.2, 0.25) is 0 Å². The summed E-state index contributed by atoms with van der Waals surface area (Å²) in [5.41, 5.74) is 2.23. The molecule has 0 atom stereocenters. The molecule has 1 fully saturated rings. The standard InChI is InChI=1S/C20H24N6O6S/c1-4-14-9-18(19(32-3)21-13(14)2)22-33-20(27)24-7-5-23(6-8-24)15-10-16(25(28)29)12-17(11-15)26(30)31/h9-12,22H,4-8H2,1-3H3. The van der Waals surface area contributed by atoms with Crippen LogP contribution in [0.3, 0.4) is 0 Å². The smallest absolute Gasteiger partial charge is 0.302 e. The third-order valence-corrected chi connectivity index (χ3v) is 6.07. The van der Waals surface area contributed by atoms with Gasteiger partial charge in [-0.05, 0) is 25.0 Å². The highest BCUT2D eigenvalue weighted by atomic mass is 32.2. The maximum absolute atomic E-state index is 12.7. The van der Waals surface area contributed by atoms with Gasteiger partial charge < -0.3 is 19.3 Å². The molecule has 176 valence electrons. The third kappa shape index (κ3) is 5.61. The first-order valence-electron chi connectivity index (χ1n) is 10.2. The summed E-state index contributed by atoms with van der Waals surface area (Å²) in [5, 5.41) is 22.1. The quantitative estimate of drug-likeness (QED) is 0.356. The van der Waals surface area contributed by atoms with Gasteiger partial charge in [0.1, 0.15) is 5.69 Å². The van der Waals surface area contributed by atoms with Gasteiger partial charge in [-0.15, -0.1) is 0 Å². The highest BCUT2D eigenvalue weighted by molar-refractivity contribution is 8.14. The first-order chi connectivity index (χ1) is 15.7. The second-order valence-electron chi connectivity index (χ2n) is 7.31. The lowest BCUT2D eigenvalue weighted by atomic mass is 10.1. The van der Waals surface area contributed by atoms with Crippen molar-refractivity contribution < 1.29 is 19.4 Å². The predicted molar refractivity (Wildman–Crippen MR) is 125 cm³/mol. The SMILES string of the molecule is CCc1cc(NSC(=O)N2CCN(c3cc([N+](=O)[O-])cc([N+](=O)[O-])c3)CC2)c(OC)nc1C. The number of aryl methyl sites for hydroxylation is 2. The van der Waals surface area contributed by atoms with Gasteiger partial charge in [0.15, 0.2) is 0 Å². The Kier molecular flexibility index (Phi) is 7.53. The number of pyridine rings is 1. The molecule has 0 saturated carbocycles. The average Bonchev–Trinajstić information content (AvgIpc) is 2.82. The molecule has 0 unspecified atom stereocenters. The number of amides is 1. The molecule has 1 aromatic heterocycles. The highest BCUT2D eigenvalue weighted by Crippen LogP contribution is 2.30. The first-order valence-corrected chi connectivity index (χ1v) is 11.0. The number of ether oxygens (including phenoxy) is 1. The van der Waals surface area contributed by atoms with E-state index in [-0.39, 0.29) is 16.6 Å². The molecule has 0 spiro atoms. The Morgan fingerprint density at radius 2 is 1.73 bits per heavy atom. The predicted octanol–water partition coefficient (Wildman–Crippen LogP) is 3.78. The summed E-state index contributed by atoms with van der Waals surface area (Å²) in [6.07, 6.45) is 0.799. The van der Waals surface area contributed by atoms with Gasteiger partial charge in [0.2, 0.25) is 5.88 Å². The van der Waals surface area contributed by atoms with Crippen LogP contribution in [0.15, 0.2) is 24.3 Å². The second kappa shape index (κ2) is 10.3. The maximum Gasteiger partial charge on any atom is 0.302 e. The fourth-order valence-corrected chi connectivity index (χ4v) is 4.15. The third-order valence-electron chi connectivity index (χ3n) is 5.32. The molecule has 1 aliphatic rings. The number of rotatable bonds is 7. The van der Waals surface area contributed by atoms with Gasteiger partial charge in [-0.2, -0.15) is 0 Å². The number of nitrogens with one attached hydrogen (secondary N) is 1. The van der Waals surface area contributed by atoms with E-state index in [9.17, 15) is 25.0 Å². The highest BCUT2D eigenvalue weighted by Gasteiger charge is 2.25. The molecular formula is C20H24N6O6S. The number of hydrogen-bond acceptors (Lipinski definition) is 10. The molecule has 3 rings (SSSR count). The van der Waals surface area contributed by atoms with E-state index in [0.29, 0.717) is 43.4 Å². The lowest BCUT2D eigenvalue weighted by Crippen LogP contribution is -2.47. The fraction of sp³-hybridized carbons (Fsp3) is 0.400. The molecule has 1 aliphatic heterocycles. The Balaban J connectivity index is 1.63. The van der Waals surface area contributed by atoms with Crippen molar-refractivity contribution in [2.75, 3.05) is 42.9 Å². The summed E-state index contributed by atoms with van der Waals surface area (Å²) < 4.78 is 8.33. The summed E-state index contributed by atoms with van der Waals surface area (Å²) in [6.45, 7) is 5.44. The summed E-state index contributed by atoms with van der Waals surface area (Å²) in [4.78, 5) is 41.5. The number of carbonyl (C=O) groups excluding carboxylic acids is 1. The van der Waals surface area contributed by atoms with Crippen LogP contribution >= 0.6 is 11.9 Å². The molecule has 0 radical (unpaired) electrons. The number of benzene rings is 1. The number of non-ortho nitro benzene ring substituents is 2. The van der Waals surface area contributed by atoms with Crippen molar-refractivity contribution in [3.63, 3.8) is 0 Å². The van der Waals surface area contributed by atoms with Gasteiger partial charge >= 0.3 is 5.24 Å². The molecule has 1 saturated heterocycles. The second-order valence-corrected chi connectivity index (χ2v) is 8.07. The molecule has 12 nitrogen and oxygen atoms in total. The van der Waals surface area contributed by atoms with E-state index >= 15 is 0 Å². The zero-order valence-electron chi connectivity index (χ0n) is 18.4. The largest absolute Gasteiger partial charge is 0.479 e. The lowest BCUT2D eigenvalue weighted by Gasteiger charge is -2.35. The number of nitro benzene ring substituents is 2. The van der Waals surface area contributed by atoms with Gasteiger partial charge in [0.25, 0.3) is 11.4 Å². The zero-order valence-corrected chi connectivity index (χ0v) is 19.3. The Hall–Kier alpha value is -3.61. The van der Waals surface area contributed by atoms with Crippen molar-refractivity contribution in [1.29, 1.82) is 0 Å². The zero-order chi connectivity index (χ0) is 24.1. The van der Waals surface area contributed by atoms with Crippen LogP contribution in [-0.2, 0) is 6.42 Å². The van der Waals surface area contributed by atoms with E-state index in [2.05, 4.69) is 9.71 Å². The van der Waals surface area contributed by atoms with E-state index in [4.69, 9.17) is 4.74 Å². The number of nitrogens with zero attached hydrogens (tertiary/aromatic N) is 5. The molecule has 2 heterocycles. The minimum Gasteiger partial charge on any atom is -0.479 e. The van der Waals surface area contributed by atoms with E-state index < -0.39 is 9.85 Å². The minimum atomic E-state index is -0.656. The molecule has 2 aromatic rings. The minimum absolute atomic E-state index is 0.194. The van der Waals surface area contributed by atoms with Gasteiger partial charge in [-0.25, -0.2) is 4.98 Å². The van der Waals surface area contributed by atoms with Crippen molar-refractivity contribution in [3.05, 3.63) is 55.8 Å². The maximum atomic E-state index is 12.7. The molecule has 1 aromatic carbocycles. The van der Waals surface area contributed by atoms with Crippen LogP contribution < -0.4 is 14.4 Å². The first kappa shape index (κ1) is 24.0.